The maximum atomic E-state index is 13.2. The number of fused-ring (bicyclic) bond motifs is 2. The summed E-state index contributed by atoms with van der Waals surface area (Å²) in [5, 5.41) is 0.953. The number of anilines is 1. The fraction of sp³-hybridized carbons (Fsp3) is 0.346. The number of H-pyrrole nitrogens is 2. The standard InChI is InChI=1S/C26H27F3N6O3/c1-38-13-12-34-8-10-35(11-9-34)25(37)15-2-5-18-17(14-15)21(30)22(31-18)23-24(36)33-20-7-4-16(26(27,28)29)3-6-19(20)32-23/h2,4-7,14,31H,3,8-13,30H2,1H3,(H,33,36). The average molecular weight is 529 g/mol. The molecule has 4 N–H and O–H groups in total. The zero-order valence-corrected chi connectivity index (χ0v) is 20.7. The molecule has 0 bridgehead atoms. The molecule has 200 valence electrons. The molecule has 0 atom stereocenters. The number of rotatable bonds is 5. The molecule has 0 unspecified atom stereocenters. The van der Waals surface area contributed by atoms with Crippen LogP contribution in [0.2, 0.25) is 0 Å². The number of ether oxygens (including phenoxy) is 1. The normalized spacial score (nSPS) is 16.4. The molecule has 0 radical (unpaired) electrons. The number of methoxy groups -OCH3 is 1. The van der Waals surface area contributed by atoms with Crippen molar-refractivity contribution in [2.75, 3.05) is 52.2 Å². The van der Waals surface area contributed by atoms with Gasteiger partial charge < -0.3 is 25.3 Å². The van der Waals surface area contributed by atoms with Crippen LogP contribution in [0.4, 0.5) is 18.9 Å². The van der Waals surface area contributed by atoms with Crippen molar-refractivity contribution < 1.29 is 22.7 Å². The van der Waals surface area contributed by atoms with Gasteiger partial charge in [-0.3, -0.25) is 14.5 Å². The first-order chi connectivity index (χ1) is 18.2. The molecule has 2 aromatic heterocycles. The summed E-state index contributed by atoms with van der Waals surface area (Å²) in [5.74, 6) is -0.112. The van der Waals surface area contributed by atoms with Crippen molar-refractivity contribution in [2.45, 2.75) is 12.6 Å². The quantitative estimate of drug-likeness (QED) is 0.460. The van der Waals surface area contributed by atoms with Crippen LogP contribution in [0.25, 0.3) is 34.4 Å². The second kappa shape index (κ2) is 10.1. The molecule has 1 aromatic carbocycles. The Kier molecular flexibility index (Phi) is 6.84. The van der Waals surface area contributed by atoms with E-state index in [9.17, 15) is 22.8 Å². The first-order valence-electron chi connectivity index (χ1n) is 12.2. The molecule has 38 heavy (non-hydrogen) atoms. The van der Waals surface area contributed by atoms with Crippen molar-refractivity contribution in [3.05, 3.63) is 56.5 Å². The Morgan fingerprint density at radius 2 is 1.92 bits per heavy atom. The predicted molar refractivity (Wildman–Crippen MR) is 138 cm³/mol. The van der Waals surface area contributed by atoms with Crippen molar-refractivity contribution in [1.82, 2.24) is 24.8 Å². The summed E-state index contributed by atoms with van der Waals surface area (Å²) in [5.41, 5.74) is 6.55. The Morgan fingerprint density at radius 3 is 2.63 bits per heavy atom. The molecule has 1 fully saturated rings. The number of allylic oxidation sites excluding steroid dienone is 2. The van der Waals surface area contributed by atoms with Crippen molar-refractivity contribution >= 4 is 34.6 Å². The van der Waals surface area contributed by atoms with Gasteiger partial charge in [-0.25, -0.2) is 4.98 Å². The summed E-state index contributed by atoms with van der Waals surface area (Å²) >= 11 is 0. The lowest BCUT2D eigenvalue weighted by atomic mass is 10.1. The number of hydrogen-bond donors (Lipinski definition) is 3. The van der Waals surface area contributed by atoms with Crippen LogP contribution in [-0.4, -0.2) is 83.3 Å². The van der Waals surface area contributed by atoms with Crippen LogP contribution in [0.15, 0.2) is 34.6 Å². The Hall–Kier alpha value is -3.90. The van der Waals surface area contributed by atoms with Crippen molar-refractivity contribution in [3.63, 3.8) is 0 Å². The fourth-order valence-electron chi connectivity index (χ4n) is 4.71. The molecule has 3 heterocycles. The topological polar surface area (TPSA) is 120 Å². The van der Waals surface area contributed by atoms with E-state index in [1.807, 2.05) is 0 Å². The third-order valence-electron chi connectivity index (χ3n) is 6.90. The number of aromatic amines is 2. The van der Waals surface area contributed by atoms with E-state index in [0.29, 0.717) is 36.2 Å². The predicted octanol–water partition coefficient (Wildman–Crippen LogP) is 1.36. The Morgan fingerprint density at radius 1 is 1.16 bits per heavy atom. The number of nitrogen functional groups attached to an aromatic ring is 1. The largest absolute Gasteiger partial charge is 0.412 e. The number of hydrogen-bond acceptors (Lipinski definition) is 6. The molecule has 1 aliphatic carbocycles. The van der Waals surface area contributed by atoms with Gasteiger partial charge in [0.05, 0.1) is 28.7 Å². The highest BCUT2D eigenvalue weighted by Crippen LogP contribution is 2.31. The van der Waals surface area contributed by atoms with Gasteiger partial charge in [0, 0.05) is 61.9 Å². The highest BCUT2D eigenvalue weighted by atomic mass is 19.4. The van der Waals surface area contributed by atoms with Gasteiger partial charge in [-0.2, -0.15) is 13.2 Å². The zero-order valence-electron chi connectivity index (χ0n) is 20.7. The molecular formula is C26H27F3N6O3. The van der Waals surface area contributed by atoms with Gasteiger partial charge >= 0.3 is 6.18 Å². The molecule has 2 aliphatic rings. The molecule has 1 amide bonds. The van der Waals surface area contributed by atoms with Gasteiger partial charge in [-0.05, 0) is 30.7 Å². The highest BCUT2D eigenvalue weighted by Gasteiger charge is 2.32. The molecule has 0 spiro atoms. The first-order valence-corrected chi connectivity index (χ1v) is 12.2. The maximum absolute atomic E-state index is 13.2. The molecule has 1 saturated heterocycles. The second-order valence-electron chi connectivity index (χ2n) is 9.28. The summed E-state index contributed by atoms with van der Waals surface area (Å²) in [7, 11) is 1.66. The van der Waals surface area contributed by atoms with E-state index >= 15 is 0 Å². The minimum atomic E-state index is -4.48. The first kappa shape index (κ1) is 25.7. The van der Waals surface area contributed by atoms with Crippen LogP contribution >= 0.6 is 0 Å². The molecule has 1 aliphatic heterocycles. The average Bonchev–Trinajstić information content (AvgIpc) is 3.07. The van der Waals surface area contributed by atoms with Crippen molar-refractivity contribution in [2.24, 2.45) is 0 Å². The van der Waals surface area contributed by atoms with Crippen molar-refractivity contribution in [3.8, 4) is 11.4 Å². The maximum Gasteiger partial charge on any atom is 0.412 e. The Bertz CT molecular complexity index is 1600. The van der Waals surface area contributed by atoms with E-state index < -0.39 is 17.3 Å². The SMILES string of the molecule is COCCN1CCN(C(=O)c2ccc3[nH]c(-c4nc5c([nH]c4=O)=CC=C(C(F)(F)F)CC=5)c(N)c3c2)CC1. The van der Waals surface area contributed by atoms with E-state index in [1.165, 1.54) is 12.2 Å². The van der Waals surface area contributed by atoms with Gasteiger partial charge in [-0.1, -0.05) is 12.2 Å². The molecule has 0 saturated carbocycles. The Balaban J connectivity index is 1.43. The lowest BCUT2D eigenvalue weighted by Gasteiger charge is -2.34. The fourth-order valence-corrected chi connectivity index (χ4v) is 4.71. The number of nitrogens with one attached hydrogen (secondary N) is 2. The summed E-state index contributed by atoms with van der Waals surface area (Å²) in [6.07, 6.45) is -1.40. The van der Waals surface area contributed by atoms with E-state index in [2.05, 4.69) is 19.9 Å². The van der Waals surface area contributed by atoms with Crippen LogP contribution in [0.5, 0.6) is 0 Å². The second-order valence-corrected chi connectivity index (χ2v) is 9.28. The van der Waals surface area contributed by atoms with E-state index in [-0.39, 0.29) is 40.1 Å². The van der Waals surface area contributed by atoms with Crippen LogP contribution < -0.4 is 22.0 Å². The summed E-state index contributed by atoms with van der Waals surface area (Å²) in [6.45, 7) is 4.18. The van der Waals surface area contributed by atoms with Gasteiger partial charge in [0.25, 0.3) is 11.5 Å². The number of carbonyl (C=O) groups is 1. The Labute approximate surface area is 215 Å². The van der Waals surface area contributed by atoms with E-state index in [0.717, 1.165) is 25.7 Å². The van der Waals surface area contributed by atoms with Gasteiger partial charge in [0.2, 0.25) is 0 Å². The monoisotopic (exact) mass is 528 g/mol. The molecular weight excluding hydrogens is 501 g/mol. The number of aromatic nitrogens is 3. The molecule has 5 rings (SSSR count). The lowest BCUT2D eigenvalue weighted by molar-refractivity contribution is -0.0924. The van der Waals surface area contributed by atoms with Gasteiger partial charge in [-0.15, -0.1) is 0 Å². The highest BCUT2D eigenvalue weighted by molar-refractivity contribution is 6.04. The van der Waals surface area contributed by atoms with Crippen LogP contribution in [0, 0.1) is 0 Å². The summed E-state index contributed by atoms with van der Waals surface area (Å²) in [6, 6.07) is 5.10. The molecule has 12 heteroatoms. The minimum absolute atomic E-state index is 0.0439. The summed E-state index contributed by atoms with van der Waals surface area (Å²) < 4.78 is 44.6. The number of nitrogens with zero attached hydrogens (tertiary/aromatic N) is 3. The van der Waals surface area contributed by atoms with Crippen molar-refractivity contribution in [1.29, 1.82) is 0 Å². The van der Waals surface area contributed by atoms with Crippen LogP contribution in [-0.2, 0) is 4.74 Å². The lowest BCUT2D eigenvalue weighted by Crippen LogP contribution is -2.49. The van der Waals surface area contributed by atoms with E-state index in [4.69, 9.17) is 10.5 Å². The number of piperazine rings is 1. The van der Waals surface area contributed by atoms with Gasteiger partial charge in [0.15, 0.2) is 5.69 Å². The third-order valence-corrected chi connectivity index (χ3v) is 6.90. The van der Waals surface area contributed by atoms with Crippen LogP contribution in [0.1, 0.15) is 16.8 Å². The minimum Gasteiger partial charge on any atom is -0.396 e. The smallest absolute Gasteiger partial charge is 0.396 e. The van der Waals surface area contributed by atoms with E-state index in [1.54, 1.807) is 30.2 Å². The number of amides is 1. The number of halogens is 3. The molecule has 3 aromatic rings. The number of carbonyl (C=O) groups excluding carboxylic acids is 1. The molecule has 9 nitrogen and oxygen atoms in total. The number of benzene rings is 1. The van der Waals surface area contributed by atoms with Crippen LogP contribution in [0.3, 0.4) is 0 Å². The van der Waals surface area contributed by atoms with Gasteiger partial charge in [0.1, 0.15) is 0 Å². The number of nitrogens with two attached hydrogens (primary N) is 1. The summed E-state index contributed by atoms with van der Waals surface area (Å²) in [4.78, 5) is 40.1. The third kappa shape index (κ3) is 4.96. The number of alkyl halides is 3. The zero-order chi connectivity index (χ0) is 27.0.